The number of nitrogens with two attached hydrogens (primary N) is 1. The lowest BCUT2D eigenvalue weighted by Crippen LogP contribution is -2.41. The van der Waals surface area contributed by atoms with E-state index >= 15 is 0 Å². The molecule has 0 bridgehead atoms. The molecule has 1 aliphatic heterocycles. The van der Waals surface area contributed by atoms with Gasteiger partial charge in [0.1, 0.15) is 30.6 Å². The highest BCUT2D eigenvalue weighted by atomic mass is 19.3. The van der Waals surface area contributed by atoms with E-state index in [2.05, 4.69) is 5.10 Å². The van der Waals surface area contributed by atoms with Crippen LogP contribution < -0.4 is 11.2 Å². The Balaban J connectivity index is 1.94. The van der Waals surface area contributed by atoms with E-state index in [1.807, 2.05) is 33.8 Å². The predicted molar refractivity (Wildman–Crippen MR) is 103 cm³/mol. The third kappa shape index (κ3) is 3.27. The summed E-state index contributed by atoms with van der Waals surface area (Å²) in [7, 11) is -0.547. The highest BCUT2D eigenvalue weighted by molar-refractivity contribution is 6.62. The van der Waals surface area contributed by atoms with Gasteiger partial charge in [-0.25, -0.2) is 13.5 Å². The van der Waals surface area contributed by atoms with E-state index in [0.717, 1.165) is 17.1 Å². The smallest absolute Gasteiger partial charge is 0.399 e. The Bertz CT molecular complexity index is 948. The first kappa shape index (κ1) is 18.9. The molecule has 0 radical (unpaired) electrons. The summed E-state index contributed by atoms with van der Waals surface area (Å²) in [6.07, 6.45) is -3.79. The topological polar surface area (TPSA) is 86.1 Å². The van der Waals surface area contributed by atoms with Crippen LogP contribution in [0, 0.1) is 11.3 Å². The maximum atomic E-state index is 13.4. The van der Waals surface area contributed by atoms with Crippen LogP contribution >= 0.6 is 0 Å². The first-order valence-corrected chi connectivity index (χ1v) is 8.90. The Labute approximate surface area is 164 Å². The normalized spacial score (nSPS) is 19.9. The van der Waals surface area contributed by atoms with Crippen molar-refractivity contribution in [1.82, 2.24) is 9.78 Å². The molecule has 0 aliphatic carbocycles. The number of nitriles is 1. The zero-order valence-corrected chi connectivity index (χ0v) is 16.5. The second-order valence-electron chi connectivity index (χ2n) is 7.84. The summed E-state index contributed by atoms with van der Waals surface area (Å²) in [5.74, 6) is -0.197. The number of alkyl halides is 2. The molecule has 1 aliphatic rings. The van der Waals surface area contributed by atoms with Crippen LogP contribution in [0.1, 0.15) is 47.6 Å². The average Bonchev–Trinajstić information content (AvgIpc) is 3.06. The van der Waals surface area contributed by atoms with Crippen molar-refractivity contribution in [2.45, 2.75) is 58.3 Å². The molecule has 3 rings (SSSR count). The fourth-order valence-electron chi connectivity index (χ4n) is 2.92. The summed E-state index contributed by atoms with van der Waals surface area (Å²) >= 11 is 0. The number of hydrogen-bond acceptors (Lipinski definition) is 5. The van der Waals surface area contributed by atoms with Gasteiger partial charge in [-0.05, 0) is 40.1 Å². The van der Waals surface area contributed by atoms with Crippen molar-refractivity contribution in [3.8, 4) is 17.3 Å². The Morgan fingerprint density at radius 1 is 1.21 bits per heavy atom. The van der Waals surface area contributed by atoms with Crippen LogP contribution in [0.5, 0.6) is 0 Å². The molecule has 1 atom stereocenters. The number of rotatable bonds is 4. The second-order valence-corrected chi connectivity index (χ2v) is 7.84. The lowest BCUT2D eigenvalue weighted by Gasteiger charge is -2.32. The van der Waals surface area contributed by atoms with Crippen LogP contribution in [0.15, 0.2) is 24.3 Å². The van der Waals surface area contributed by atoms with E-state index in [-0.39, 0.29) is 17.1 Å². The van der Waals surface area contributed by atoms with Crippen molar-refractivity contribution in [3.63, 3.8) is 0 Å². The maximum Gasteiger partial charge on any atom is 0.494 e. The van der Waals surface area contributed by atoms with E-state index in [4.69, 9.17) is 16.4 Å². The zero-order valence-electron chi connectivity index (χ0n) is 17.5. The minimum Gasteiger partial charge on any atom is -0.399 e. The summed E-state index contributed by atoms with van der Waals surface area (Å²) in [6.45, 7) is 8.96. The van der Waals surface area contributed by atoms with Crippen LogP contribution in [0.4, 0.5) is 14.6 Å². The summed E-state index contributed by atoms with van der Waals surface area (Å²) in [5, 5.41) is 13.5. The van der Waals surface area contributed by atoms with Crippen LogP contribution in [0.3, 0.4) is 0 Å². The number of nitrogens with zero attached hydrogens (tertiary/aromatic N) is 3. The molecule has 9 heteroatoms. The molecule has 1 fully saturated rings. The minimum atomic E-state index is -3.79. The van der Waals surface area contributed by atoms with Crippen molar-refractivity contribution >= 4 is 18.4 Å². The first-order chi connectivity index (χ1) is 13.3. The number of anilines is 1. The molecule has 1 aromatic heterocycles. The van der Waals surface area contributed by atoms with Crippen LogP contribution in [-0.2, 0) is 9.31 Å². The lowest BCUT2D eigenvalue weighted by atomic mass is 9.78. The van der Waals surface area contributed by atoms with Gasteiger partial charge in [0.2, 0.25) is 0 Å². The van der Waals surface area contributed by atoms with Gasteiger partial charge in [0, 0.05) is 5.56 Å². The van der Waals surface area contributed by atoms with Gasteiger partial charge in [-0.3, -0.25) is 0 Å². The van der Waals surface area contributed by atoms with Crippen LogP contribution in [0.25, 0.3) is 11.3 Å². The molecule has 0 spiro atoms. The van der Waals surface area contributed by atoms with E-state index < -0.39 is 30.8 Å². The Kier molecular flexibility index (Phi) is 4.64. The van der Waals surface area contributed by atoms with Crippen LogP contribution in [-0.4, -0.2) is 34.5 Å². The van der Waals surface area contributed by atoms with Gasteiger partial charge in [-0.2, -0.15) is 10.4 Å². The van der Waals surface area contributed by atoms with Gasteiger partial charge in [0.05, 0.1) is 11.2 Å². The number of nitrogen functional groups attached to an aromatic ring is 1. The summed E-state index contributed by atoms with van der Waals surface area (Å²) in [6, 6.07) is 7.26. The monoisotopic (exact) mass is 389 g/mol. The van der Waals surface area contributed by atoms with Gasteiger partial charge in [-0.15, -0.1) is 0 Å². The largest absolute Gasteiger partial charge is 0.494 e. The molecule has 1 unspecified atom stereocenters. The van der Waals surface area contributed by atoms with E-state index in [9.17, 15) is 14.0 Å². The Hall–Kier alpha value is -2.44. The van der Waals surface area contributed by atoms with Crippen molar-refractivity contribution in [2.24, 2.45) is 0 Å². The molecule has 0 amide bonds. The Morgan fingerprint density at radius 2 is 1.75 bits per heavy atom. The number of aromatic nitrogens is 2. The average molecular weight is 389 g/mol. The van der Waals surface area contributed by atoms with Crippen molar-refractivity contribution in [3.05, 3.63) is 29.8 Å². The standard InChI is InChI=1S/C19H23BF2N4O2/c1-11(16(21)22)26-17(24)14(10-23)15(25-26)12-6-8-13(9-7-12)20-27-18(2,3)19(4,5)28-20/h6-9,11,16H,24H2,1-5H3/i16D. The molecular weight excluding hydrogens is 365 g/mol. The van der Waals surface area contributed by atoms with E-state index in [1.165, 1.54) is 0 Å². The van der Waals surface area contributed by atoms with Gasteiger partial charge in [-0.1, -0.05) is 24.3 Å². The lowest BCUT2D eigenvalue weighted by molar-refractivity contribution is 0.00578. The molecule has 2 heterocycles. The van der Waals surface area contributed by atoms with Crippen LogP contribution in [0.2, 0.25) is 0 Å². The Morgan fingerprint density at radius 3 is 2.21 bits per heavy atom. The molecule has 1 aromatic carbocycles. The van der Waals surface area contributed by atoms with Crippen molar-refractivity contribution in [2.75, 3.05) is 5.73 Å². The number of halogens is 2. The quantitative estimate of drug-likeness (QED) is 0.812. The molecule has 28 heavy (non-hydrogen) atoms. The second kappa shape index (κ2) is 6.87. The van der Waals surface area contributed by atoms with Crippen molar-refractivity contribution in [1.29, 1.82) is 5.26 Å². The molecule has 2 N–H and O–H groups in total. The van der Waals surface area contributed by atoms with Gasteiger partial charge < -0.3 is 15.0 Å². The van der Waals surface area contributed by atoms with Gasteiger partial charge in [0.15, 0.2) is 0 Å². The van der Waals surface area contributed by atoms with E-state index in [1.54, 1.807) is 24.3 Å². The maximum absolute atomic E-state index is 13.4. The highest BCUT2D eigenvalue weighted by Crippen LogP contribution is 2.36. The molecule has 148 valence electrons. The molecule has 0 saturated carbocycles. The summed E-state index contributed by atoms with van der Waals surface area (Å²) < 4.78 is 46.6. The first-order valence-electron chi connectivity index (χ1n) is 9.40. The van der Waals surface area contributed by atoms with Crippen molar-refractivity contribution < 1.29 is 19.5 Å². The summed E-state index contributed by atoms with van der Waals surface area (Å²) in [5.41, 5.74) is 6.40. The molecule has 1 saturated heterocycles. The highest BCUT2D eigenvalue weighted by Gasteiger charge is 2.51. The van der Waals surface area contributed by atoms with Gasteiger partial charge in [0.25, 0.3) is 6.40 Å². The number of hydrogen-bond donors (Lipinski definition) is 1. The summed E-state index contributed by atoms with van der Waals surface area (Å²) in [4.78, 5) is 0. The number of benzene rings is 1. The zero-order chi connectivity index (χ0) is 21.8. The molecule has 6 nitrogen and oxygen atoms in total. The fraction of sp³-hybridized carbons (Fsp3) is 0.474. The molecule has 2 aromatic rings. The SMILES string of the molecule is [2H]C(F)(F)C(C)n1nc(-c2ccc(B3OC(C)(C)C(C)(C)O3)cc2)c(C#N)c1N. The molecular formula is C19H23BF2N4O2. The third-order valence-electron chi connectivity index (χ3n) is 5.45. The fourth-order valence-corrected chi connectivity index (χ4v) is 2.92. The van der Waals surface area contributed by atoms with Gasteiger partial charge >= 0.3 is 7.12 Å². The third-order valence-corrected chi connectivity index (χ3v) is 5.45. The predicted octanol–water partition coefficient (Wildman–Crippen LogP) is 3.13. The van der Waals surface area contributed by atoms with E-state index in [0.29, 0.717) is 5.56 Å². The minimum absolute atomic E-state index is 0.00974.